The van der Waals surface area contributed by atoms with Crippen molar-refractivity contribution in [2.45, 2.75) is 50.3 Å². The van der Waals surface area contributed by atoms with Crippen molar-refractivity contribution < 1.29 is 8.42 Å². The van der Waals surface area contributed by atoms with E-state index in [0.29, 0.717) is 10.1 Å². The summed E-state index contributed by atoms with van der Waals surface area (Å²) in [5.41, 5.74) is 0. The smallest absolute Gasteiger partial charge is 0.250 e. The number of sulfonamides is 1. The Bertz CT molecular complexity index is 495. The van der Waals surface area contributed by atoms with Crippen molar-refractivity contribution in [2.24, 2.45) is 5.92 Å². The number of thiophene rings is 1. The summed E-state index contributed by atoms with van der Waals surface area (Å²) in [5.74, 6) is 0.594. The number of hydrogen-bond acceptors (Lipinski definition) is 4. The van der Waals surface area contributed by atoms with Crippen molar-refractivity contribution in [3.8, 4) is 0 Å². The Morgan fingerprint density at radius 2 is 1.90 bits per heavy atom. The van der Waals surface area contributed by atoms with Gasteiger partial charge in [0, 0.05) is 10.9 Å². The van der Waals surface area contributed by atoms with Gasteiger partial charge in [0.05, 0.1) is 0 Å². The normalized spacial score (nSPS) is 13.8. The van der Waals surface area contributed by atoms with Crippen LogP contribution in [0.25, 0.3) is 0 Å². The molecule has 0 radical (unpaired) electrons. The van der Waals surface area contributed by atoms with Crippen molar-refractivity contribution >= 4 is 21.4 Å². The molecule has 0 aliphatic carbocycles. The zero-order valence-electron chi connectivity index (χ0n) is 12.8. The lowest BCUT2D eigenvalue weighted by atomic mass is 10.1. The van der Waals surface area contributed by atoms with Gasteiger partial charge in [-0.15, -0.1) is 11.3 Å². The average Bonchev–Trinajstić information content (AvgIpc) is 2.83. The Balaban J connectivity index is 2.61. The van der Waals surface area contributed by atoms with Crippen molar-refractivity contribution in [2.75, 3.05) is 13.6 Å². The lowest BCUT2D eigenvalue weighted by Gasteiger charge is -2.14. The molecule has 1 aromatic heterocycles. The Morgan fingerprint density at radius 3 is 2.50 bits per heavy atom. The molecule has 0 spiro atoms. The third-order valence-corrected chi connectivity index (χ3v) is 6.28. The zero-order valence-corrected chi connectivity index (χ0v) is 14.4. The summed E-state index contributed by atoms with van der Waals surface area (Å²) in [6.07, 6.45) is 2.76. The highest BCUT2D eigenvalue weighted by atomic mass is 32.2. The molecule has 0 aliphatic rings. The SMILES string of the molecule is CNCCc1ccc(S(=O)(=O)NC(C)CCC(C)C)s1. The second kappa shape index (κ2) is 8.12. The van der Waals surface area contributed by atoms with E-state index in [4.69, 9.17) is 0 Å². The van der Waals surface area contributed by atoms with Gasteiger partial charge < -0.3 is 5.32 Å². The number of nitrogens with one attached hydrogen (secondary N) is 2. The van der Waals surface area contributed by atoms with Crippen LogP contribution in [0.2, 0.25) is 0 Å². The molecule has 0 aliphatic heterocycles. The highest BCUT2D eigenvalue weighted by Crippen LogP contribution is 2.22. The van der Waals surface area contributed by atoms with Crippen LogP contribution in [0.15, 0.2) is 16.3 Å². The van der Waals surface area contributed by atoms with Crippen molar-refractivity contribution in [1.82, 2.24) is 10.0 Å². The van der Waals surface area contributed by atoms with Gasteiger partial charge in [-0.25, -0.2) is 13.1 Å². The number of hydrogen-bond donors (Lipinski definition) is 2. The first-order chi connectivity index (χ1) is 9.35. The summed E-state index contributed by atoms with van der Waals surface area (Å²) in [7, 11) is -1.47. The monoisotopic (exact) mass is 318 g/mol. The fourth-order valence-electron chi connectivity index (χ4n) is 1.85. The summed E-state index contributed by atoms with van der Waals surface area (Å²) in [5, 5.41) is 3.07. The van der Waals surface area contributed by atoms with Gasteiger partial charge in [-0.05, 0) is 57.8 Å². The fourth-order valence-corrected chi connectivity index (χ4v) is 4.50. The molecule has 116 valence electrons. The minimum Gasteiger partial charge on any atom is -0.319 e. The number of likely N-dealkylation sites (N-methyl/N-ethyl adjacent to an activating group) is 1. The van der Waals surface area contributed by atoms with Crippen LogP contribution in [0.5, 0.6) is 0 Å². The van der Waals surface area contributed by atoms with Crippen LogP contribution in [0.3, 0.4) is 0 Å². The van der Waals surface area contributed by atoms with Crippen LogP contribution in [-0.4, -0.2) is 28.1 Å². The third kappa shape index (κ3) is 5.91. The first-order valence-electron chi connectivity index (χ1n) is 7.10. The molecule has 2 N–H and O–H groups in total. The van der Waals surface area contributed by atoms with E-state index >= 15 is 0 Å². The summed E-state index contributed by atoms with van der Waals surface area (Å²) in [6.45, 7) is 7.08. The largest absolute Gasteiger partial charge is 0.319 e. The molecule has 0 fully saturated rings. The maximum absolute atomic E-state index is 12.3. The third-order valence-electron chi connectivity index (χ3n) is 3.06. The molecule has 1 atom stereocenters. The molecule has 20 heavy (non-hydrogen) atoms. The molecular formula is C14H26N2O2S2. The van der Waals surface area contributed by atoms with Gasteiger partial charge in [-0.3, -0.25) is 0 Å². The topological polar surface area (TPSA) is 58.2 Å². The Labute approximate surface area is 127 Å². The first kappa shape index (κ1) is 17.6. The summed E-state index contributed by atoms with van der Waals surface area (Å²) < 4.78 is 27.7. The average molecular weight is 319 g/mol. The van der Waals surface area contributed by atoms with Crippen LogP contribution < -0.4 is 10.0 Å². The van der Waals surface area contributed by atoms with Gasteiger partial charge in [0.1, 0.15) is 4.21 Å². The predicted molar refractivity (Wildman–Crippen MR) is 85.8 cm³/mol. The lowest BCUT2D eigenvalue weighted by Crippen LogP contribution is -2.32. The van der Waals surface area contributed by atoms with Crippen molar-refractivity contribution in [3.63, 3.8) is 0 Å². The summed E-state index contributed by atoms with van der Waals surface area (Å²) in [6, 6.07) is 3.58. The molecule has 0 saturated carbocycles. The van der Waals surface area contributed by atoms with E-state index < -0.39 is 10.0 Å². The van der Waals surface area contributed by atoms with Crippen LogP contribution in [0.4, 0.5) is 0 Å². The predicted octanol–water partition coefficient (Wildman–Crippen LogP) is 2.61. The second-order valence-corrected chi connectivity index (χ2v) is 8.68. The van der Waals surface area contributed by atoms with E-state index in [0.717, 1.165) is 30.7 Å². The maximum atomic E-state index is 12.3. The summed E-state index contributed by atoms with van der Waals surface area (Å²) >= 11 is 1.36. The maximum Gasteiger partial charge on any atom is 0.250 e. The second-order valence-electron chi connectivity index (χ2n) is 5.57. The van der Waals surface area contributed by atoms with Crippen LogP contribution >= 0.6 is 11.3 Å². The molecule has 1 aromatic rings. The van der Waals surface area contributed by atoms with Gasteiger partial charge in [-0.1, -0.05) is 13.8 Å². The van der Waals surface area contributed by atoms with Gasteiger partial charge in [0.25, 0.3) is 0 Å². The summed E-state index contributed by atoms with van der Waals surface area (Å²) in [4.78, 5) is 1.09. The van der Waals surface area contributed by atoms with E-state index in [2.05, 4.69) is 23.9 Å². The Hall–Kier alpha value is -0.430. The zero-order chi connectivity index (χ0) is 15.2. The lowest BCUT2D eigenvalue weighted by molar-refractivity contribution is 0.486. The first-order valence-corrected chi connectivity index (χ1v) is 9.40. The highest BCUT2D eigenvalue weighted by molar-refractivity contribution is 7.91. The molecule has 0 amide bonds. The van der Waals surface area contributed by atoms with E-state index in [1.807, 2.05) is 20.0 Å². The Kier molecular flexibility index (Phi) is 7.15. The molecule has 0 saturated heterocycles. The van der Waals surface area contributed by atoms with Crippen LogP contribution in [0, 0.1) is 5.92 Å². The van der Waals surface area contributed by atoms with Gasteiger partial charge >= 0.3 is 0 Å². The minimum atomic E-state index is -3.36. The molecule has 1 heterocycles. The number of rotatable bonds is 9. The Morgan fingerprint density at radius 1 is 1.20 bits per heavy atom. The molecule has 1 rings (SSSR count). The van der Waals surface area contributed by atoms with Crippen molar-refractivity contribution in [3.05, 3.63) is 17.0 Å². The van der Waals surface area contributed by atoms with Crippen LogP contribution in [0.1, 0.15) is 38.5 Å². The van der Waals surface area contributed by atoms with E-state index in [1.54, 1.807) is 6.07 Å². The van der Waals surface area contributed by atoms with Gasteiger partial charge in [0.2, 0.25) is 10.0 Å². The molecule has 6 heteroatoms. The standard InChI is InChI=1S/C14H26N2O2S2/c1-11(2)5-6-12(3)16-20(17,18)14-8-7-13(19-14)9-10-15-4/h7-8,11-12,15-16H,5-6,9-10H2,1-4H3. The van der Waals surface area contributed by atoms with E-state index in [-0.39, 0.29) is 6.04 Å². The quantitative estimate of drug-likeness (QED) is 0.736. The van der Waals surface area contributed by atoms with E-state index in [9.17, 15) is 8.42 Å². The molecule has 0 bridgehead atoms. The van der Waals surface area contributed by atoms with Crippen molar-refractivity contribution in [1.29, 1.82) is 0 Å². The van der Waals surface area contributed by atoms with Gasteiger partial charge in [-0.2, -0.15) is 0 Å². The van der Waals surface area contributed by atoms with Crippen LogP contribution in [-0.2, 0) is 16.4 Å². The molecule has 0 aromatic carbocycles. The fraction of sp³-hybridized carbons (Fsp3) is 0.714. The molecular weight excluding hydrogens is 292 g/mol. The molecule has 4 nitrogen and oxygen atoms in total. The highest BCUT2D eigenvalue weighted by Gasteiger charge is 2.19. The van der Waals surface area contributed by atoms with Gasteiger partial charge in [0.15, 0.2) is 0 Å². The van der Waals surface area contributed by atoms with E-state index in [1.165, 1.54) is 11.3 Å². The minimum absolute atomic E-state index is 0.0229. The molecule has 1 unspecified atom stereocenters.